The van der Waals surface area contributed by atoms with Crippen molar-refractivity contribution in [3.8, 4) is 0 Å². The van der Waals surface area contributed by atoms with E-state index in [1.165, 1.54) is 13.0 Å². The first kappa shape index (κ1) is 27.9. The zero-order chi connectivity index (χ0) is 24.9. The summed E-state index contributed by atoms with van der Waals surface area (Å²) in [7, 11) is -4.05. The summed E-state index contributed by atoms with van der Waals surface area (Å²) < 4.78 is 26.5. The Bertz CT molecular complexity index is 945. The maximum Gasteiger partial charge on any atom is 0.242 e. The van der Waals surface area contributed by atoms with E-state index < -0.39 is 46.6 Å². The number of aliphatic hydroxyl groups excluding tert-OH is 1. The highest BCUT2D eigenvalue weighted by molar-refractivity contribution is 7.92. The largest absolute Gasteiger partial charge is 0.394 e. The van der Waals surface area contributed by atoms with E-state index in [0.717, 1.165) is 5.41 Å². The molecule has 2 amide bonds. The third-order valence-electron chi connectivity index (χ3n) is 4.32. The van der Waals surface area contributed by atoms with Gasteiger partial charge in [-0.2, -0.15) is 4.72 Å². The molecule has 0 aliphatic rings. The Morgan fingerprint density at radius 1 is 1.18 bits per heavy atom. The lowest BCUT2D eigenvalue weighted by molar-refractivity contribution is -0.130. The Kier molecular flexibility index (Phi) is 12.0. The Morgan fingerprint density at radius 3 is 2.42 bits per heavy atom. The molecule has 0 saturated carbocycles. The number of nitrogens with two attached hydrogens (primary N) is 1. The lowest BCUT2D eigenvalue weighted by Crippen LogP contribution is -2.54. The van der Waals surface area contributed by atoms with E-state index in [1.807, 2.05) is 0 Å². The van der Waals surface area contributed by atoms with Crippen LogP contribution in [0, 0.1) is 0 Å². The Morgan fingerprint density at radius 2 is 1.85 bits per heavy atom. The minimum Gasteiger partial charge on any atom is -0.394 e. The maximum atomic E-state index is 12.4. The molecule has 0 spiro atoms. The Balaban J connectivity index is 2.62. The number of aliphatic hydroxyl groups is 1. The zero-order valence-electron chi connectivity index (χ0n) is 18.6. The molecular formula is C21H31N5O6S. The third-order valence-corrected chi connectivity index (χ3v) is 5.43. The molecule has 6 N–H and O–H groups in total. The van der Waals surface area contributed by atoms with Crippen LogP contribution in [0.5, 0.6) is 0 Å². The number of hydrogen-bond donors (Lipinski definition) is 5. The molecule has 0 heterocycles. The van der Waals surface area contributed by atoms with Crippen molar-refractivity contribution in [3.63, 3.8) is 0 Å². The maximum absolute atomic E-state index is 12.4. The van der Waals surface area contributed by atoms with Crippen molar-refractivity contribution >= 4 is 40.0 Å². The first-order valence-electron chi connectivity index (χ1n) is 10.3. The molecule has 33 heavy (non-hydrogen) atoms. The first-order valence-corrected chi connectivity index (χ1v) is 11.8. The smallest absolute Gasteiger partial charge is 0.242 e. The van der Waals surface area contributed by atoms with Crippen molar-refractivity contribution in [1.82, 2.24) is 15.4 Å². The van der Waals surface area contributed by atoms with Crippen molar-refractivity contribution in [2.75, 3.05) is 13.2 Å². The number of aldehydes is 1. The number of aliphatic imine (C=N–C) groups is 1. The number of sulfonamides is 1. The number of nitrogens with one attached hydrogen (secondary N) is 3. The monoisotopic (exact) mass is 481 g/mol. The normalized spacial score (nSPS) is 14.9. The third kappa shape index (κ3) is 11.4. The second kappa shape index (κ2) is 14.1. The highest BCUT2D eigenvalue weighted by atomic mass is 32.2. The summed E-state index contributed by atoms with van der Waals surface area (Å²) >= 11 is 0. The number of carbonyl (C=O) groups excluding carboxylic acids is 3. The average Bonchev–Trinajstić information content (AvgIpc) is 2.78. The molecule has 3 unspecified atom stereocenters. The molecule has 0 aliphatic heterocycles. The molecule has 0 radical (unpaired) electrons. The van der Waals surface area contributed by atoms with Crippen molar-refractivity contribution in [2.24, 2.45) is 10.7 Å². The predicted octanol–water partition coefficient (Wildman–Crippen LogP) is -0.717. The fourth-order valence-corrected chi connectivity index (χ4v) is 3.56. The lowest BCUT2D eigenvalue weighted by atomic mass is 10.1. The number of hydrogen-bond acceptors (Lipinski definition) is 7. The zero-order valence-corrected chi connectivity index (χ0v) is 19.4. The molecule has 0 aliphatic carbocycles. The number of carbonyl (C=O) groups is 3. The van der Waals surface area contributed by atoms with Crippen LogP contribution in [0.25, 0.3) is 6.08 Å². The summed E-state index contributed by atoms with van der Waals surface area (Å²) in [5.74, 6) is -1.11. The Hall–Kier alpha value is -3.09. The SMILES string of the molecule is CC(N)=NCCCC(C=O)NC(=O)C(C)NC(=O)C(CO)NS(=O)(=O)/C=C/c1ccccc1. The van der Waals surface area contributed by atoms with Crippen molar-refractivity contribution < 1.29 is 27.9 Å². The molecule has 1 aromatic rings. The van der Waals surface area contributed by atoms with Gasteiger partial charge in [-0.25, -0.2) is 8.42 Å². The highest BCUT2D eigenvalue weighted by Gasteiger charge is 2.26. The summed E-state index contributed by atoms with van der Waals surface area (Å²) in [4.78, 5) is 39.9. The molecule has 0 aromatic heterocycles. The van der Waals surface area contributed by atoms with Gasteiger partial charge in [-0.1, -0.05) is 30.3 Å². The van der Waals surface area contributed by atoms with Crippen molar-refractivity contribution in [2.45, 2.75) is 44.8 Å². The van der Waals surface area contributed by atoms with Gasteiger partial charge in [0.2, 0.25) is 21.8 Å². The standard InChI is InChI=1S/C21H31N5O6S/c1-15(20(29)25-18(13-27)9-6-11-23-16(2)22)24-21(30)19(14-28)26-33(31,32)12-10-17-7-4-3-5-8-17/h3-5,7-8,10,12-13,15,18-19,26,28H,6,9,11,14H2,1-2H3,(H2,22,23)(H,24,30)(H,25,29)/b12-10+. The number of amides is 2. The quantitative estimate of drug-likeness (QED) is 0.101. The molecule has 0 bridgehead atoms. The minimum atomic E-state index is -4.05. The summed E-state index contributed by atoms with van der Waals surface area (Å²) in [5, 5.41) is 15.1. The second-order valence-electron chi connectivity index (χ2n) is 7.26. The summed E-state index contributed by atoms with van der Waals surface area (Å²) in [5.41, 5.74) is 6.06. The van der Waals surface area contributed by atoms with Gasteiger partial charge in [0.1, 0.15) is 18.4 Å². The van der Waals surface area contributed by atoms with Crippen LogP contribution in [-0.2, 0) is 24.4 Å². The number of nitrogens with zero attached hydrogens (tertiary/aromatic N) is 1. The van der Waals surface area contributed by atoms with Gasteiger partial charge in [0.05, 0.1) is 18.5 Å². The molecule has 1 aromatic carbocycles. The van der Waals surface area contributed by atoms with Crippen LogP contribution in [0.3, 0.4) is 0 Å². The van der Waals surface area contributed by atoms with Crippen LogP contribution >= 0.6 is 0 Å². The van der Waals surface area contributed by atoms with Crippen molar-refractivity contribution in [3.05, 3.63) is 41.3 Å². The van der Waals surface area contributed by atoms with E-state index in [4.69, 9.17) is 5.73 Å². The number of rotatable bonds is 14. The van der Waals surface area contributed by atoms with Gasteiger partial charge in [0.25, 0.3) is 0 Å². The summed E-state index contributed by atoms with van der Waals surface area (Å²) in [6.45, 7) is 2.60. The molecule has 12 heteroatoms. The van der Waals surface area contributed by atoms with Gasteiger partial charge in [0, 0.05) is 12.0 Å². The summed E-state index contributed by atoms with van der Waals surface area (Å²) in [6, 6.07) is 5.28. The molecular weight excluding hydrogens is 450 g/mol. The molecule has 182 valence electrons. The molecule has 1 rings (SSSR count). The molecule has 11 nitrogen and oxygen atoms in total. The minimum absolute atomic E-state index is 0.333. The van der Waals surface area contributed by atoms with E-state index in [2.05, 4.69) is 20.3 Å². The van der Waals surface area contributed by atoms with E-state index in [-0.39, 0.29) is 0 Å². The van der Waals surface area contributed by atoms with Gasteiger partial charge in [0.15, 0.2) is 0 Å². The second-order valence-corrected chi connectivity index (χ2v) is 8.86. The average molecular weight is 482 g/mol. The lowest BCUT2D eigenvalue weighted by Gasteiger charge is -2.20. The highest BCUT2D eigenvalue weighted by Crippen LogP contribution is 2.04. The van der Waals surface area contributed by atoms with E-state index >= 15 is 0 Å². The molecule has 0 fully saturated rings. The fourth-order valence-electron chi connectivity index (χ4n) is 2.57. The Labute approximate surface area is 193 Å². The van der Waals surface area contributed by atoms with E-state index in [9.17, 15) is 27.9 Å². The van der Waals surface area contributed by atoms with Crippen LogP contribution in [0.1, 0.15) is 32.3 Å². The van der Waals surface area contributed by atoms with Gasteiger partial charge in [-0.15, -0.1) is 0 Å². The van der Waals surface area contributed by atoms with Gasteiger partial charge >= 0.3 is 0 Å². The van der Waals surface area contributed by atoms with Crippen LogP contribution < -0.4 is 21.1 Å². The van der Waals surface area contributed by atoms with E-state index in [1.54, 1.807) is 37.3 Å². The van der Waals surface area contributed by atoms with E-state index in [0.29, 0.717) is 37.1 Å². The van der Waals surface area contributed by atoms with Gasteiger partial charge < -0.3 is 26.3 Å². The van der Waals surface area contributed by atoms with Crippen LogP contribution in [0.4, 0.5) is 0 Å². The molecule has 3 atom stereocenters. The van der Waals surface area contributed by atoms with Gasteiger partial charge in [-0.3, -0.25) is 14.6 Å². The predicted molar refractivity (Wildman–Crippen MR) is 125 cm³/mol. The van der Waals surface area contributed by atoms with Crippen molar-refractivity contribution in [1.29, 1.82) is 0 Å². The van der Waals surface area contributed by atoms with Crippen LogP contribution in [0.15, 0.2) is 40.7 Å². The van der Waals surface area contributed by atoms with Crippen LogP contribution in [0.2, 0.25) is 0 Å². The number of amidine groups is 1. The van der Waals surface area contributed by atoms with Crippen LogP contribution in [-0.4, -0.2) is 68.7 Å². The topological polar surface area (TPSA) is 180 Å². The first-order chi connectivity index (χ1) is 15.6. The van der Waals surface area contributed by atoms with Gasteiger partial charge in [-0.05, 0) is 38.3 Å². The number of benzene rings is 1. The summed E-state index contributed by atoms with van der Waals surface area (Å²) in [6.07, 6.45) is 2.77. The fraction of sp³-hybridized carbons (Fsp3) is 0.429. The molecule has 0 saturated heterocycles.